The van der Waals surface area contributed by atoms with Gasteiger partial charge in [0.25, 0.3) is 0 Å². The van der Waals surface area contributed by atoms with E-state index in [1.165, 1.54) is 38.5 Å². The van der Waals surface area contributed by atoms with Gasteiger partial charge in [-0.2, -0.15) is 9.44 Å². The van der Waals surface area contributed by atoms with Gasteiger partial charge in [0.2, 0.25) is 20.0 Å². The van der Waals surface area contributed by atoms with Crippen molar-refractivity contribution >= 4 is 66.5 Å². The molecule has 0 aliphatic heterocycles. The van der Waals surface area contributed by atoms with Gasteiger partial charge in [-0.3, -0.25) is 0 Å². The maximum absolute atomic E-state index is 12.5. The van der Waals surface area contributed by atoms with Crippen molar-refractivity contribution in [2.75, 3.05) is 14.2 Å². The van der Waals surface area contributed by atoms with Crippen LogP contribution in [0.3, 0.4) is 0 Å². The lowest BCUT2D eigenvalue weighted by molar-refractivity contribution is 0.105. The molecular weight excluding hydrogens is 558 g/mol. The molecule has 0 saturated carbocycles. The van der Waals surface area contributed by atoms with Crippen LogP contribution in [0, 0.1) is 0 Å². The Morgan fingerprint density at radius 3 is 1.21 bits per heavy atom. The number of ether oxygens (including phenoxy) is 2. The minimum Gasteiger partial charge on any atom is -0.363 e. The van der Waals surface area contributed by atoms with Crippen molar-refractivity contribution < 1.29 is 26.3 Å². The molecule has 0 amide bonds. The van der Waals surface area contributed by atoms with E-state index in [-0.39, 0.29) is 9.79 Å². The lowest BCUT2D eigenvalue weighted by atomic mass is 10.1. The molecule has 0 fully saturated rings. The highest BCUT2D eigenvalue weighted by Crippen LogP contribution is 2.19. The summed E-state index contributed by atoms with van der Waals surface area (Å²) in [7, 11) is -5.22. The summed E-state index contributed by atoms with van der Waals surface area (Å²) in [5.41, 5.74) is 1.62. The summed E-state index contributed by atoms with van der Waals surface area (Å²) >= 11 is 22.8. The molecule has 0 aliphatic carbocycles. The molecule has 0 radical (unpaired) electrons. The number of nitrogens with one attached hydrogen (secondary N) is 2. The molecule has 2 unspecified atom stereocenters. The Kier molecular flexibility index (Phi) is 10.7. The van der Waals surface area contributed by atoms with Crippen LogP contribution in [0.15, 0.2) is 58.3 Å². The van der Waals surface area contributed by atoms with Gasteiger partial charge < -0.3 is 9.47 Å². The van der Waals surface area contributed by atoms with Gasteiger partial charge in [-0.1, -0.05) is 24.3 Å². The first-order chi connectivity index (χ1) is 15.4. The molecule has 8 nitrogen and oxygen atoms in total. The van der Waals surface area contributed by atoms with Crippen LogP contribution in [-0.4, -0.2) is 53.2 Å². The fraction of sp³-hybridized carbons (Fsp3) is 0.368. The van der Waals surface area contributed by atoms with Crippen molar-refractivity contribution in [1.82, 2.24) is 9.44 Å². The Balaban J connectivity index is 2.10. The first kappa shape index (κ1) is 28.6. The number of benzene rings is 2. The van der Waals surface area contributed by atoms with Crippen LogP contribution in [0.1, 0.15) is 11.1 Å². The summed E-state index contributed by atoms with van der Waals surface area (Å²) in [5.74, 6) is 0. The van der Waals surface area contributed by atoms with Crippen molar-refractivity contribution in [2.45, 2.75) is 38.3 Å². The summed E-state index contributed by atoms with van der Waals surface area (Å²) in [6, 6.07) is 12.3. The minimum atomic E-state index is -3.89. The predicted octanol–water partition coefficient (Wildman–Crippen LogP) is 3.39. The van der Waals surface area contributed by atoms with Crippen molar-refractivity contribution in [2.24, 2.45) is 0 Å². The Bertz CT molecular complexity index is 1020. The third-order valence-corrected chi connectivity index (χ3v) is 8.17. The summed E-state index contributed by atoms with van der Waals surface area (Å²) in [6.45, 7) is 0. The number of rotatable bonds is 12. The monoisotopic (exact) mass is 578 g/mol. The molecule has 2 rings (SSSR count). The summed E-state index contributed by atoms with van der Waals surface area (Å²) in [5, 5.41) is 0. The van der Waals surface area contributed by atoms with Gasteiger partial charge in [-0.05, 0) is 41.8 Å². The lowest BCUT2D eigenvalue weighted by Crippen LogP contribution is -2.40. The van der Waals surface area contributed by atoms with Crippen LogP contribution in [0.4, 0.5) is 0 Å². The number of halogens is 4. The fourth-order valence-corrected chi connectivity index (χ4v) is 5.95. The number of methoxy groups -OCH3 is 2. The van der Waals surface area contributed by atoms with E-state index < -0.39 is 42.2 Å². The van der Waals surface area contributed by atoms with Crippen LogP contribution < -0.4 is 9.44 Å². The molecule has 0 spiro atoms. The average Bonchev–Trinajstić information content (AvgIpc) is 2.76. The summed E-state index contributed by atoms with van der Waals surface area (Å²) in [6.07, 6.45) is -1.75. The SMILES string of the molecule is COC(NS(=O)(=O)c1ccc(Cc2ccc(S(=O)(=O)NC(OC)C(Cl)Cl)cc2)cc1)C(Cl)Cl. The summed E-state index contributed by atoms with van der Waals surface area (Å²) in [4.78, 5) is -2.14. The zero-order chi connectivity index (χ0) is 24.8. The van der Waals surface area contributed by atoms with Gasteiger partial charge in [0, 0.05) is 14.2 Å². The maximum atomic E-state index is 12.5. The van der Waals surface area contributed by atoms with E-state index in [2.05, 4.69) is 9.44 Å². The highest BCUT2D eigenvalue weighted by molar-refractivity contribution is 7.89. The minimum absolute atomic E-state index is 0.0133. The Hall–Kier alpha value is -0.660. The second-order valence-electron chi connectivity index (χ2n) is 6.69. The number of hydrogen-bond donors (Lipinski definition) is 2. The van der Waals surface area contributed by atoms with E-state index in [4.69, 9.17) is 55.9 Å². The highest BCUT2D eigenvalue weighted by Gasteiger charge is 2.25. The zero-order valence-corrected chi connectivity index (χ0v) is 22.1. The fourth-order valence-electron chi connectivity index (χ4n) is 2.66. The molecular formula is C19H22Cl4N2O6S2. The van der Waals surface area contributed by atoms with E-state index >= 15 is 0 Å². The van der Waals surface area contributed by atoms with Crippen LogP contribution >= 0.6 is 46.4 Å². The maximum Gasteiger partial charge on any atom is 0.242 e. The van der Waals surface area contributed by atoms with E-state index in [1.807, 2.05) is 0 Å². The second-order valence-corrected chi connectivity index (χ2v) is 12.4. The quantitative estimate of drug-likeness (QED) is 0.294. The van der Waals surface area contributed by atoms with Gasteiger partial charge in [0.05, 0.1) is 9.79 Å². The first-order valence-corrected chi connectivity index (χ1v) is 13.9. The van der Waals surface area contributed by atoms with Crippen LogP contribution in [-0.2, 0) is 35.9 Å². The molecule has 0 saturated heterocycles. The molecule has 2 aromatic carbocycles. The second kappa shape index (κ2) is 12.3. The first-order valence-electron chi connectivity index (χ1n) is 9.24. The third kappa shape index (κ3) is 8.21. The zero-order valence-electron chi connectivity index (χ0n) is 17.4. The average molecular weight is 580 g/mol. The highest BCUT2D eigenvalue weighted by atomic mass is 35.5. The lowest BCUT2D eigenvalue weighted by Gasteiger charge is -2.18. The van der Waals surface area contributed by atoms with Crippen LogP contribution in [0.25, 0.3) is 0 Å². The Morgan fingerprint density at radius 1 is 0.667 bits per heavy atom. The molecule has 2 aromatic rings. The number of sulfonamides is 2. The van der Waals surface area contributed by atoms with E-state index in [9.17, 15) is 16.8 Å². The van der Waals surface area contributed by atoms with Crippen LogP contribution in [0.2, 0.25) is 0 Å². The topological polar surface area (TPSA) is 111 Å². The van der Waals surface area contributed by atoms with Gasteiger partial charge in [0.1, 0.15) is 9.67 Å². The normalized spacial score (nSPS) is 14.5. The molecule has 0 heterocycles. The Labute approximate surface area is 213 Å². The smallest absolute Gasteiger partial charge is 0.242 e. The molecule has 2 N–H and O–H groups in total. The van der Waals surface area contributed by atoms with Crippen LogP contribution in [0.5, 0.6) is 0 Å². The standard InChI is InChI=1S/C19H22Cl4N2O6S2/c1-30-18(16(20)21)24-32(26,27)14-7-3-12(4-8-14)11-13-5-9-15(10-6-13)33(28,29)25-19(31-2)17(22)23/h3-10,16-19,24-25H,11H2,1-2H3. The van der Waals surface area contributed by atoms with Gasteiger partial charge in [-0.25, -0.2) is 16.8 Å². The van der Waals surface area contributed by atoms with Crippen molar-refractivity contribution in [3.63, 3.8) is 0 Å². The van der Waals surface area contributed by atoms with E-state index in [0.717, 1.165) is 11.1 Å². The molecule has 0 aliphatic rings. The number of alkyl halides is 4. The van der Waals surface area contributed by atoms with Gasteiger partial charge in [-0.15, -0.1) is 46.4 Å². The molecule has 184 valence electrons. The predicted molar refractivity (Wildman–Crippen MR) is 129 cm³/mol. The molecule has 0 bridgehead atoms. The third-order valence-electron chi connectivity index (χ3n) is 4.38. The summed E-state index contributed by atoms with van der Waals surface area (Å²) < 4.78 is 64.2. The largest absolute Gasteiger partial charge is 0.363 e. The molecule has 0 aromatic heterocycles. The molecule has 33 heavy (non-hydrogen) atoms. The van der Waals surface area contributed by atoms with E-state index in [1.54, 1.807) is 24.3 Å². The van der Waals surface area contributed by atoms with Crippen molar-refractivity contribution in [3.05, 3.63) is 59.7 Å². The molecule has 14 heteroatoms. The Morgan fingerprint density at radius 2 is 0.970 bits per heavy atom. The van der Waals surface area contributed by atoms with Gasteiger partial charge >= 0.3 is 0 Å². The van der Waals surface area contributed by atoms with Gasteiger partial charge in [0.15, 0.2) is 12.5 Å². The van der Waals surface area contributed by atoms with Crippen molar-refractivity contribution in [1.29, 1.82) is 0 Å². The van der Waals surface area contributed by atoms with E-state index in [0.29, 0.717) is 6.42 Å². The number of hydrogen-bond acceptors (Lipinski definition) is 6. The molecule has 2 atom stereocenters. The van der Waals surface area contributed by atoms with Crippen molar-refractivity contribution in [3.8, 4) is 0 Å².